The summed E-state index contributed by atoms with van der Waals surface area (Å²) in [6.07, 6.45) is 4.83. The molecule has 0 radical (unpaired) electrons. The lowest BCUT2D eigenvalue weighted by Crippen LogP contribution is -2.23. The van der Waals surface area contributed by atoms with Gasteiger partial charge in [0.15, 0.2) is 0 Å². The minimum atomic E-state index is -1.07. The SMILES string of the molecule is CCn1ccn(Cc2ccnc(C(=O)O)c2)c1=O. The zero-order valence-electron chi connectivity index (χ0n) is 9.91. The molecular formula is C12H13N3O3. The highest BCUT2D eigenvalue weighted by Crippen LogP contribution is 2.03. The van der Waals surface area contributed by atoms with Crippen molar-refractivity contribution in [3.8, 4) is 0 Å². The molecule has 94 valence electrons. The van der Waals surface area contributed by atoms with Crippen molar-refractivity contribution in [1.82, 2.24) is 14.1 Å². The fraction of sp³-hybridized carbons (Fsp3) is 0.250. The van der Waals surface area contributed by atoms with E-state index in [1.54, 1.807) is 23.0 Å². The summed E-state index contributed by atoms with van der Waals surface area (Å²) in [5, 5.41) is 8.84. The first-order valence-electron chi connectivity index (χ1n) is 5.55. The minimum Gasteiger partial charge on any atom is -0.477 e. The van der Waals surface area contributed by atoms with Crippen molar-refractivity contribution >= 4 is 5.97 Å². The molecule has 1 N–H and O–H groups in total. The Balaban J connectivity index is 2.28. The van der Waals surface area contributed by atoms with E-state index in [-0.39, 0.29) is 11.4 Å². The van der Waals surface area contributed by atoms with E-state index in [9.17, 15) is 9.59 Å². The number of imidazole rings is 1. The number of aromatic nitrogens is 3. The van der Waals surface area contributed by atoms with Crippen molar-refractivity contribution in [2.45, 2.75) is 20.0 Å². The average Bonchev–Trinajstić information content (AvgIpc) is 2.71. The third kappa shape index (κ3) is 2.32. The van der Waals surface area contributed by atoms with Gasteiger partial charge in [-0.1, -0.05) is 0 Å². The monoisotopic (exact) mass is 247 g/mol. The van der Waals surface area contributed by atoms with Gasteiger partial charge < -0.3 is 5.11 Å². The Morgan fingerprint density at radius 2 is 2.11 bits per heavy atom. The first-order valence-corrected chi connectivity index (χ1v) is 5.55. The van der Waals surface area contributed by atoms with E-state index in [0.29, 0.717) is 13.1 Å². The molecule has 0 fully saturated rings. The van der Waals surface area contributed by atoms with Crippen molar-refractivity contribution in [2.24, 2.45) is 0 Å². The highest BCUT2D eigenvalue weighted by Gasteiger charge is 2.07. The van der Waals surface area contributed by atoms with Crippen molar-refractivity contribution in [1.29, 1.82) is 0 Å². The molecule has 0 amide bonds. The molecule has 2 aromatic rings. The molecule has 0 aromatic carbocycles. The van der Waals surface area contributed by atoms with E-state index in [1.165, 1.54) is 16.8 Å². The molecule has 0 aliphatic heterocycles. The second kappa shape index (κ2) is 4.87. The van der Waals surface area contributed by atoms with Gasteiger partial charge >= 0.3 is 11.7 Å². The maximum atomic E-state index is 11.8. The van der Waals surface area contributed by atoms with Gasteiger partial charge in [0.25, 0.3) is 0 Å². The summed E-state index contributed by atoms with van der Waals surface area (Å²) in [7, 11) is 0. The van der Waals surface area contributed by atoms with Gasteiger partial charge in [-0.25, -0.2) is 14.6 Å². The van der Waals surface area contributed by atoms with Gasteiger partial charge in [0, 0.05) is 25.1 Å². The fourth-order valence-electron chi connectivity index (χ4n) is 1.70. The van der Waals surface area contributed by atoms with E-state index < -0.39 is 5.97 Å². The zero-order chi connectivity index (χ0) is 13.1. The Labute approximate surface area is 103 Å². The predicted octanol–water partition coefficient (Wildman–Crippen LogP) is 0.811. The maximum absolute atomic E-state index is 11.8. The number of carboxylic acid groups (broad SMARTS) is 1. The van der Waals surface area contributed by atoms with Gasteiger partial charge in [0.05, 0.1) is 6.54 Å². The smallest absolute Gasteiger partial charge is 0.354 e. The number of hydrogen-bond acceptors (Lipinski definition) is 3. The van der Waals surface area contributed by atoms with Gasteiger partial charge in [-0.3, -0.25) is 9.13 Å². The number of aryl methyl sites for hydroxylation is 1. The quantitative estimate of drug-likeness (QED) is 0.867. The zero-order valence-corrected chi connectivity index (χ0v) is 9.91. The van der Waals surface area contributed by atoms with Crippen LogP contribution in [0.3, 0.4) is 0 Å². The maximum Gasteiger partial charge on any atom is 0.354 e. The molecule has 0 aliphatic carbocycles. The molecule has 2 rings (SSSR count). The number of aromatic carboxylic acids is 1. The van der Waals surface area contributed by atoms with Crippen LogP contribution in [0.4, 0.5) is 0 Å². The van der Waals surface area contributed by atoms with Crippen LogP contribution in [-0.4, -0.2) is 25.2 Å². The second-order valence-electron chi connectivity index (χ2n) is 3.85. The van der Waals surface area contributed by atoms with Crippen molar-refractivity contribution in [2.75, 3.05) is 0 Å². The van der Waals surface area contributed by atoms with Gasteiger partial charge in [0.1, 0.15) is 5.69 Å². The van der Waals surface area contributed by atoms with Crippen LogP contribution in [0.15, 0.2) is 35.5 Å². The summed E-state index contributed by atoms with van der Waals surface area (Å²) < 4.78 is 3.11. The molecule has 0 spiro atoms. The van der Waals surface area contributed by atoms with Crippen molar-refractivity contribution in [3.63, 3.8) is 0 Å². The summed E-state index contributed by atoms with van der Waals surface area (Å²) in [6.45, 7) is 2.85. The Morgan fingerprint density at radius 3 is 2.72 bits per heavy atom. The van der Waals surface area contributed by atoms with Crippen molar-refractivity contribution < 1.29 is 9.90 Å². The molecule has 18 heavy (non-hydrogen) atoms. The van der Waals surface area contributed by atoms with Crippen molar-refractivity contribution in [3.05, 3.63) is 52.5 Å². The molecule has 0 aliphatic rings. The van der Waals surface area contributed by atoms with Crippen LogP contribution >= 0.6 is 0 Å². The Kier molecular flexibility index (Phi) is 3.27. The topological polar surface area (TPSA) is 77.1 Å². The molecule has 2 aromatic heterocycles. The van der Waals surface area contributed by atoms with Gasteiger partial charge in [0.2, 0.25) is 0 Å². The molecule has 2 heterocycles. The van der Waals surface area contributed by atoms with E-state index in [1.807, 2.05) is 6.92 Å². The van der Waals surface area contributed by atoms with E-state index in [0.717, 1.165) is 5.56 Å². The molecule has 0 bridgehead atoms. The second-order valence-corrected chi connectivity index (χ2v) is 3.85. The molecule has 6 nitrogen and oxygen atoms in total. The van der Waals surface area contributed by atoms with E-state index in [4.69, 9.17) is 5.11 Å². The van der Waals surface area contributed by atoms with E-state index >= 15 is 0 Å². The molecule has 0 saturated heterocycles. The number of hydrogen-bond donors (Lipinski definition) is 1. The van der Waals surface area contributed by atoms with Gasteiger partial charge in [-0.2, -0.15) is 0 Å². The molecule has 0 atom stereocenters. The minimum absolute atomic E-state index is 0.0181. The van der Waals surface area contributed by atoms with Crippen LogP contribution in [0.25, 0.3) is 0 Å². The highest BCUT2D eigenvalue weighted by atomic mass is 16.4. The lowest BCUT2D eigenvalue weighted by atomic mass is 10.2. The first-order chi connectivity index (χ1) is 8.61. The third-order valence-corrected chi connectivity index (χ3v) is 2.66. The van der Waals surface area contributed by atoms with Gasteiger partial charge in [-0.15, -0.1) is 0 Å². The van der Waals surface area contributed by atoms with Gasteiger partial charge in [-0.05, 0) is 24.6 Å². The Hall–Kier alpha value is -2.37. The fourth-order valence-corrected chi connectivity index (χ4v) is 1.70. The Morgan fingerprint density at radius 1 is 1.39 bits per heavy atom. The summed E-state index contributed by atoms with van der Waals surface area (Å²) in [4.78, 5) is 26.3. The number of nitrogens with zero attached hydrogens (tertiary/aromatic N) is 3. The predicted molar refractivity (Wildman–Crippen MR) is 64.7 cm³/mol. The van der Waals surface area contributed by atoms with Crippen LogP contribution in [-0.2, 0) is 13.1 Å². The summed E-state index contributed by atoms with van der Waals surface area (Å²) in [6, 6.07) is 3.17. The molecule has 6 heteroatoms. The van der Waals surface area contributed by atoms with Crippen LogP contribution < -0.4 is 5.69 Å². The largest absolute Gasteiger partial charge is 0.477 e. The van der Waals surface area contributed by atoms with Crippen LogP contribution in [0.2, 0.25) is 0 Å². The standard InChI is InChI=1S/C12H13N3O3/c1-2-14-5-6-15(12(14)18)8-9-3-4-13-10(7-9)11(16)17/h3-7H,2,8H2,1H3,(H,16,17). The molecular weight excluding hydrogens is 234 g/mol. The number of carboxylic acids is 1. The van der Waals surface area contributed by atoms with Crippen LogP contribution in [0.1, 0.15) is 23.0 Å². The first kappa shape index (κ1) is 12.1. The number of rotatable bonds is 4. The lowest BCUT2D eigenvalue weighted by molar-refractivity contribution is 0.0690. The summed E-state index contributed by atoms with van der Waals surface area (Å²) in [5.74, 6) is -1.07. The van der Waals surface area contributed by atoms with Crippen LogP contribution in [0, 0.1) is 0 Å². The lowest BCUT2D eigenvalue weighted by Gasteiger charge is -2.02. The highest BCUT2D eigenvalue weighted by molar-refractivity contribution is 5.85. The third-order valence-electron chi connectivity index (χ3n) is 2.66. The molecule has 0 unspecified atom stereocenters. The average molecular weight is 247 g/mol. The number of carbonyl (C=O) groups is 1. The Bertz CT molecular complexity index is 627. The number of pyridine rings is 1. The van der Waals surface area contributed by atoms with E-state index in [2.05, 4.69) is 4.98 Å². The summed E-state index contributed by atoms with van der Waals surface area (Å²) >= 11 is 0. The van der Waals surface area contributed by atoms with Crippen LogP contribution in [0.5, 0.6) is 0 Å². The normalized spacial score (nSPS) is 10.5. The molecule has 0 saturated carbocycles. The summed E-state index contributed by atoms with van der Waals surface area (Å²) in [5.41, 5.74) is 0.611.